The van der Waals surface area contributed by atoms with Crippen molar-refractivity contribution in [1.29, 1.82) is 0 Å². The van der Waals surface area contributed by atoms with Gasteiger partial charge in [-0.1, -0.05) is 18.2 Å². The van der Waals surface area contributed by atoms with Crippen molar-refractivity contribution in [3.63, 3.8) is 0 Å². The summed E-state index contributed by atoms with van der Waals surface area (Å²) in [5.41, 5.74) is 5.68. The molecule has 5 heteroatoms. The lowest BCUT2D eigenvalue weighted by molar-refractivity contribution is 0.475. The van der Waals surface area contributed by atoms with Gasteiger partial charge >= 0.3 is 0 Å². The normalized spacial score (nSPS) is 10.8. The zero-order valence-electron chi connectivity index (χ0n) is 14.6. The number of aryl methyl sites for hydroxylation is 1. The Hall–Kier alpha value is -3.47. The quantitative estimate of drug-likeness (QED) is 0.577. The summed E-state index contributed by atoms with van der Waals surface area (Å²) in [4.78, 5) is 13.3. The molecule has 0 radical (unpaired) electrons. The Morgan fingerprint density at radius 1 is 0.923 bits per heavy atom. The molecular weight excluding hydrogens is 324 g/mol. The van der Waals surface area contributed by atoms with Crippen molar-refractivity contribution < 1.29 is 5.11 Å². The molecule has 0 aliphatic rings. The molecule has 2 aromatic heterocycles. The number of phenolic OH excluding ortho intramolecular Hbond substituents is 1. The number of pyridine rings is 1. The number of aromatic hydroxyl groups is 1. The van der Waals surface area contributed by atoms with E-state index in [4.69, 9.17) is 0 Å². The van der Waals surface area contributed by atoms with Crippen LogP contribution in [0.1, 0.15) is 5.56 Å². The van der Waals surface area contributed by atoms with E-state index in [-0.39, 0.29) is 5.75 Å². The minimum atomic E-state index is 0.222. The number of aromatic nitrogens is 3. The second-order valence-electron chi connectivity index (χ2n) is 6.16. The second kappa shape index (κ2) is 6.44. The zero-order chi connectivity index (χ0) is 18.1. The lowest BCUT2D eigenvalue weighted by atomic mass is 9.97. The zero-order valence-corrected chi connectivity index (χ0v) is 14.6. The first kappa shape index (κ1) is 16.0. The maximum Gasteiger partial charge on any atom is 0.137 e. The fourth-order valence-electron chi connectivity index (χ4n) is 3.10. The van der Waals surface area contributed by atoms with E-state index in [0.717, 1.165) is 44.7 Å². The first-order valence-electron chi connectivity index (χ1n) is 8.34. The van der Waals surface area contributed by atoms with E-state index in [2.05, 4.69) is 32.4 Å². The molecule has 2 aromatic carbocycles. The first-order chi connectivity index (χ1) is 12.7. The number of benzene rings is 2. The summed E-state index contributed by atoms with van der Waals surface area (Å²) in [6.45, 7) is 2.02. The van der Waals surface area contributed by atoms with E-state index in [0.29, 0.717) is 0 Å². The molecule has 2 N–H and O–H groups in total. The molecule has 128 valence electrons. The predicted molar refractivity (Wildman–Crippen MR) is 104 cm³/mol. The highest BCUT2D eigenvalue weighted by atomic mass is 16.3. The summed E-state index contributed by atoms with van der Waals surface area (Å²) in [6, 6.07) is 15.4. The molecule has 4 rings (SSSR count). The minimum Gasteiger partial charge on any atom is -0.508 e. The fraction of sp³-hybridized carbons (Fsp3) is 0.0952. The lowest BCUT2D eigenvalue weighted by Crippen LogP contribution is -1.96. The van der Waals surface area contributed by atoms with E-state index < -0.39 is 0 Å². The Balaban J connectivity index is 1.96. The Bertz CT molecular complexity index is 1110. The van der Waals surface area contributed by atoms with Crippen molar-refractivity contribution in [2.24, 2.45) is 0 Å². The lowest BCUT2D eigenvalue weighted by Gasteiger charge is -2.12. The summed E-state index contributed by atoms with van der Waals surface area (Å²) in [7, 11) is 1.85. The molecular formula is C21H18N4O. The second-order valence-corrected chi connectivity index (χ2v) is 6.16. The summed E-state index contributed by atoms with van der Waals surface area (Å²) < 4.78 is 0. The van der Waals surface area contributed by atoms with E-state index in [1.54, 1.807) is 18.5 Å². The van der Waals surface area contributed by atoms with Crippen LogP contribution in [-0.4, -0.2) is 27.1 Å². The van der Waals surface area contributed by atoms with Crippen molar-refractivity contribution >= 4 is 16.7 Å². The third-order valence-corrected chi connectivity index (χ3v) is 4.33. The molecule has 2 heterocycles. The van der Waals surface area contributed by atoms with E-state index >= 15 is 0 Å². The van der Waals surface area contributed by atoms with Crippen LogP contribution in [0.5, 0.6) is 5.75 Å². The molecule has 0 aliphatic heterocycles. The maximum absolute atomic E-state index is 9.85. The van der Waals surface area contributed by atoms with Gasteiger partial charge < -0.3 is 10.4 Å². The van der Waals surface area contributed by atoms with Crippen LogP contribution in [0, 0.1) is 6.92 Å². The number of hydrogen-bond acceptors (Lipinski definition) is 5. The SMILES string of the molecule is CNc1ncnc2ccc(-c3cc(C)cnc3-c3cccc(O)c3)cc12. The van der Waals surface area contributed by atoms with Crippen molar-refractivity contribution in [2.45, 2.75) is 6.92 Å². The van der Waals surface area contributed by atoms with Gasteiger partial charge in [0, 0.05) is 29.8 Å². The van der Waals surface area contributed by atoms with Gasteiger partial charge in [-0.2, -0.15) is 0 Å². The molecule has 26 heavy (non-hydrogen) atoms. The number of fused-ring (bicyclic) bond motifs is 1. The minimum absolute atomic E-state index is 0.222. The monoisotopic (exact) mass is 342 g/mol. The van der Waals surface area contributed by atoms with E-state index in [1.807, 2.05) is 44.4 Å². The van der Waals surface area contributed by atoms with Gasteiger partial charge in [-0.05, 0) is 48.4 Å². The van der Waals surface area contributed by atoms with E-state index in [9.17, 15) is 5.11 Å². The Kier molecular flexibility index (Phi) is 3.97. The molecule has 0 saturated carbocycles. The first-order valence-corrected chi connectivity index (χ1v) is 8.34. The van der Waals surface area contributed by atoms with Crippen molar-refractivity contribution in [3.05, 3.63) is 66.6 Å². The van der Waals surface area contributed by atoms with Gasteiger partial charge in [0.2, 0.25) is 0 Å². The number of hydrogen-bond donors (Lipinski definition) is 2. The predicted octanol–water partition coefficient (Wildman–Crippen LogP) is 4.41. The van der Waals surface area contributed by atoms with Crippen LogP contribution in [0.3, 0.4) is 0 Å². The van der Waals surface area contributed by atoms with Gasteiger partial charge in [-0.25, -0.2) is 9.97 Å². The molecule has 5 nitrogen and oxygen atoms in total. The Labute approximate surface area is 151 Å². The van der Waals surface area contributed by atoms with Crippen molar-refractivity contribution in [2.75, 3.05) is 12.4 Å². The van der Waals surface area contributed by atoms with Gasteiger partial charge in [-0.3, -0.25) is 4.98 Å². The van der Waals surface area contributed by atoms with Gasteiger partial charge in [-0.15, -0.1) is 0 Å². The average molecular weight is 342 g/mol. The van der Waals surface area contributed by atoms with Gasteiger partial charge in [0.05, 0.1) is 11.2 Å². The molecule has 0 unspecified atom stereocenters. The summed E-state index contributed by atoms with van der Waals surface area (Å²) in [5, 5.41) is 13.9. The van der Waals surface area contributed by atoms with Crippen LogP contribution in [0.2, 0.25) is 0 Å². The van der Waals surface area contributed by atoms with Crippen LogP contribution in [0.15, 0.2) is 61.1 Å². The molecule has 0 atom stereocenters. The van der Waals surface area contributed by atoms with Crippen molar-refractivity contribution in [1.82, 2.24) is 15.0 Å². The highest BCUT2D eigenvalue weighted by Crippen LogP contribution is 2.34. The smallest absolute Gasteiger partial charge is 0.137 e. The van der Waals surface area contributed by atoms with Crippen LogP contribution in [0.4, 0.5) is 5.82 Å². The molecule has 0 amide bonds. The summed E-state index contributed by atoms with van der Waals surface area (Å²) >= 11 is 0. The van der Waals surface area contributed by atoms with Gasteiger partial charge in [0.25, 0.3) is 0 Å². The molecule has 0 aliphatic carbocycles. The summed E-state index contributed by atoms with van der Waals surface area (Å²) in [6.07, 6.45) is 3.40. The van der Waals surface area contributed by atoms with Gasteiger partial charge in [0.1, 0.15) is 17.9 Å². The topological polar surface area (TPSA) is 70.9 Å². The van der Waals surface area contributed by atoms with Gasteiger partial charge in [0.15, 0.2) is 0 Å². The largest absolute Gasteiger partial charge is 0.508 e. The third-order valence-electron chi connectivity index (χ3n) is 4.33. The average Bonchev–Trinajstić information content (AvgIpc) is 2.67. The van der Waals surface area contributed by atoms with Crippen LogP contribution < -0.4 is 5.32 Å². The Morgan fingerprint density at radius 3 is 2.62 bits per heavy atom. The van der Waals surface area contributed by atoms with Crippen LogP contribution >= 0.6 is 0 Å². The van der Waals surface area contributed by atoms with Crippen LogP contribution in [-0.2, 0) is 0 Å². The summed E-state index contributed by atoms with van der Waals surface area (Å²) in [5.74, 6) is 1.01. The highest BCUT2D eigenvalue weighted by molar-refractivity contribution is 5.94. The number of rotatable bonds is 3. The van der Waals surface area contributed by atoms with E-state index in [1.165, 1.54) is 0 Å². The van der Waals surface area contributed by atoms with Crippen molar-refractivity contribution in [3.8, 4) is 28.1 Å². The molecule has 0 saturated heterocycles. The number of nitrogens with zero attached hydrogens (tertiary/aromatic N) is 3. The molecule has 0 fully saturated rings. The third kappa shape index (κ3) is 2.84. The molecule has 0 spiro atoms. The standard InChI is InChI=1S/C21H18N4O/c1-13-8-17(20(23-11-13)15-4-3-5-16(26)9-15)14-6-7-19-18(10-14)21(22-2)25-12-24-19/h3-12,26H,1-2H3,(H,22,24,25). The highest BCUT2D eigenvalue weighted by Gasteiger charge is 2.12. The molecule has 4 aromatic rings. The number of nitrogens with one attached hydrogen (secondary N) is 1. The Morgan fingerprint density at radius 2 is 1.81 bits per heavy atom. The maximum atomic E-state index is 9.85. The number of phenols is 1. The van der Waals surface area contributed by atoms with Crippen LogP contribution in [0.25, 0.3) is 33.3 Å². The number of anilines is 1. The molecule has 0 bridgehead atoms. The fourth-order valence-corrected chi connectivity index (χ4v) is 3.10.